The monoisotopic (exact) mass is 562 g/mol. The lowest BCUT2D eigenvalue weighted by Gasteiger charge is -2.38. The molecule has 1 aliphatic carbocycles. The molecular weight excluding hydrogens is 504 g/mol. The number of esters is 1. The zero-order chi connectivity index (χ0) is 30.3. The van der Waals surface area contributed by atoms with E-state index in [9.17, 15) is 4.79 Å². The van der Waals surface area contributed by atoms with Crippen molar-refractivity contribution in [2.24, 2.45) is 23.2 Å². The van der Waals surface area contributed by atoms with E-state index < -0.39 is 5.97 Å². The number of rotatable bonds is 14. The van der Waals surface area contributed by atoms with Crippen molar-refractivity contribution in [3.63, 3.8) is 0 Å². The Morgan fingerprint density at radius 3 is 1.95 bits per heavy atom. The first-order valence-electron chi connectivity index (χ1n) is 16.3. The van der Waals surface area contributed by atoms with E-state index in [2.05, 4.69) is 55.4 Å². The predicted molar refractivity (Wildman–Crippen MR) is 176 cm³/mol. The molecular formula is C37H58N2O2. The molecule has 0 saturated carbocycles. The Hall–Kier alpha value is -2.49. The Morgan fingerprint density at radius 1 is 0.805 bits per heavy atom. The van der Waals surface area contributed by atoms with Crippen LogP contribution >= 0.6 is 0 Å². The molecule has 4 N–H and O–H groups in total. The lowest BCUT2D eigenvalue weighted by Crippen LogP contribution is -2.28. The molecule has 0 saturated heterocycles. The Kier molecular flexibility index (Phi) is 11.8. The molecule has 1 aliphatic rings. The third kappa shape index (κ3) is 9.25. The molecule has 41 heavy (non-hydrogen) atoms. The largest absolute Gasteiger partial charge is 0.422 e. The maximum atomic E-state index is 13.0. The molecule has 0 fully saturated rings. The fraction of sp³-hybridized carbons (Fsp3) is 0.649. The summed E-state index contributed by atoms with van der Waals surface area (Å²) in [6, 6.07) is 4.89. The second-order valence-corrected chi connectivity index (χ2v) is 14.3. The van der Waals surface area contributed by atoms with Crippen LogP contribution in [0.15, 0.2) is 18.2 Å². The van der Waals surface area contributed by atoms with E-state index in [0.717, 1.165) is 41.7 Å². The van der Waals surface area contributed by atoms with Crippen LogP contribution in [0.25, 0.3) is 0 Å². The van der Waals surface area contributed by atoms with Crippen LogP contribution in [-0.4, -0.2) is 5.97 Å². The molecule has 228 valence electrons. The van der Waals surface area contributed by atoms with Crippen LogP contribution in [0.1, 0.15) is 137 Å². The SMILES string of the molecule is Cc1c(C)c(OC(=O)c2cc(N)cc(N)c2)c(C)c2c1CC(C)(CCCC(C)CCCC(C)CCCC(C)C)CC2. The molecule has 4 heteroatoms. The lowest BCUT2D eigenvalue weighted by atomic mass is 9.67. The highest BCUT2D eigenvalue weighted by Crippen LogP contribution is 2.45. The molecule has 3 unspecified atom stereocenters. The van der Waals surface area contributed by atoms with Gasteiger partial charge in [-0.25, -0.2) is 4.79 Å². The molecule has 0 aromatic heterocycles. The molecule has 4 nitrogen and oxygen atoms in total. The standard InChI is InChI=1S/C37H58N2O2/c1-24(2)12-9-13-25(3)14-10-15-26(4)16-11-18-37(8)19-17-33-29(7)35(28(6)27(5)34(33)23-37)41-36(40)30-20-31(38)22-32(39)21-30/h20-22,24-26H,9-19,23,38-39H2,1-8H3. The summed E-state index contributed by atoms with van der Waals surface area (Å²) >= 11 is 0. The van der Waals surface area contributed by atoms with E-state index in [1.807, 2.05) is 0 Å². The Balaban J connectivity index is 1.55. The second kappa shape index (κ2) is 14.6. The maximum Gasteiger partial charge on any atom is 0.343 e. The van der Waals surface area contributed by atoms with Gasteiger partial charge >= 0.3 is 5.97 Å². The van der Waals surface area contributed by atoms with Crippen molar-refractivity contribution in [1.29, 1.82) is 0 Å². The van der Waals surface area contributed by atoms with E-state index in [4.69, 9.17) is 16.2 Å². The zero-order valence-electron chi connectivity index (χ0n) is 27.4. The Morgan fingerprint density at radius 2 is 1.37 bits per heavy atom. The van der Waals surface area contributed by atoms with Gasteiger partial charge in [0.15, 0.2) is 0 Å². The smallest absolute Gasteiger partial charge is 0.343 e. The van der Waals surface area contributed by atoms with Crippen molar-refractivity contribution >= 4 is 17.3 Å². The number of fused-ring (bicyclic) bond motifs is 1. The van der Waals surface area contributed by atoms with Crippen LogP contribution in [-0.2, 0) is 12.8 Å². The van der Waals surface area contributed by atoms with Gasteiger partial charge in [0.05, 0.1) is 5.56 Å². The van der Waals surface area contributed by atoms with E-state index in [0.29, 0.717) is 28.1 Å². The molecule has 3 atom stereocenters. The summed E-state index contributed by atoms with van der Waals surface area (Å²) in [5.41, 5.74) is 19.7. The van der Waals surface area contributed by atoms with Crippen molar-refractivity contribution < 1.29 is 9.53 Å². The molecule has 0 aliphatic heterocycles. The molecule has 0 radical (unpaired) electrons. The van der Waals surface area contributed by atoms with E-state index in [1.165, 1.54) is 80.9 Å². The number of hydrogen-bond donors (Lipinski definition) is 2. The summed E-state index contributed by atoms with van der Waals surface area (Å²) in [7, 11) is 0. The average Bonchev–Trinajstić information content (AvgIpc) is 2.89. The molecule has 2 aromatic rings. The van der Waals surface area contributed by atoms with Crippen molar-refractivity contribution in [2.75, 3.05) is 11.5 Å². The Bertz CT molecular complexity index is 1160. The summed E-state index contributed by atoms with van der Waals surface area (Å²) in [5.74, 6) is 2.80. The number of ether oxygens (including phenoxy) is 1. The van der Waals surface area contributed by atoms with Gasteiger partial charge in [0.2, 0.25) is 0 Å². The number of anilines is 2. The minimum Gasteiger partial charge on any atom is -0.422 e. The van der Waals surface area contributed by atoms with Gasteiger partial charge in [0.25, 0.3) is 0 Å². The van der Waals surface area contributed by atoms with Gasteiger partial charge in [0.1, 0.15) is 5.75 Å². The fourth-order valence-electron chi connectivity index (χ4n) is 6.96. The summed E-state index contributed by atoms with van der Waals surface area (Å²) in [4.78, 5) is 13.0. The van der Waals surface area contributed by atoms with Crippen molar-refractivity contribution in [3.05, 3.63) is 51.6 Å². The predicted octanol–water partition coefficient (Wildman–Crippen LogP) is 9.93. The molecule has 0 amide bonds. The third-order valence-corrected chi connectivity index (χ3v) is 9.85. The molecule has 3 rings (SSSR count). The van der Waals surface area contributed by atoms with Gasteiger partial charge in [0, 0.05) is 11.4 Å². The van der Waals surface area contributed by atoms with Crippen molar-refractivity contribution in [3.8, 4) is 5.75 Å². The van der Waals surface area contributed by atoms with Gasteiger partial charge in [-0.3, -0.25) is 0 Å². The summed E-state index contributed by atoms with van der Waals surface area (Å²) in [6.45, 7) is 18.4. The summed E-state index contributed by atoms with van der Waals surface area (Å²) in [6.07, 6.45) is 15.6. The normalized spacial score (nSPS) is 18.3. The lowest BCUT2D eigenvalue weighted by molar-refractivity contribution is 0.0732. The molecule has 2 aromatic carbocycles. The summed E-state index contributed by atoms with van der Waals surface area (Å²) in [5, 5.41) is 0. The van der Waals surface area contributed by atoms with Crippen molar-refractivity contribution in [2.45, 2.75) is 132 Å². The average molecular weight is 563 g/mol. The van der Waals surface area contributed by atoms with E-state index in [-0.39, 0.29) is 0 Å². The number of carbonyl (C=O) groups is 1. The number of nitrogens with two attached hydrogens (primary N) is 2. The minimum atomic E-state index is -0.412. The number of nitrogen functional groups attached to an aromatic ring is 2. The van der Waals surface area contributed by atoms with Gasteiger partial charge in [-0.05, 0) is 116 Å². The van der Waals surface area contributed by atoms with E-state index >= 15 is 0 Å². The van der Waals surface area contributed by atoms with Crippen LogP contribution in [0.3, 0.4) is 0 Å². The van der Waals surface area contributed by atoms with Crippen LogP contribution < -0.4 is 16.2 Å². The Labute approximate surface area is 251 Å². The van der Waals surface area contributed by atoms with Crippen LogP contribution in [0.5, 0.6) is 5.75 Å². The second-order valence-electron chi connectivity index (χ2n) is 14.3. The number of carbonyl (C=O) groups excluding carboxylic acids is 1. The first kappa shape index (κ1) is 33.0. The summed E-state index contributed by atoms with van der Waals surface area (Å²) < 4.78 is 5.99. The third-order valence-electron chi connectivity index (χ3n) is 9.85. The quantitative estimate of drug-likeness (QED) is 0.136. The van der Waals surface area contributed by atoms with Crippen LogP contribution in [0.4, 0.5) is 11.4 Å². The highest BCUT2D eigenvalue weighted by atomic mass is 16.5. The van der Waals surface area contributed by atoms with Crippen LogP contribution in [0.2, 0.25) is 0 Å². The van der Waals surface area contributed by atoms with Gasteiger partial charge in [-0.15, -0.1) is 0 Å². The van der Waals surface area contributed by atoms with Gasteiger partial charge in [-0.2, -0.15) is 0 Å². The van der Waals surface area contributed by atoms with Gasteiger partial charge in [-0.1, -0.05) is 86.0 Å². The number of benzene rings is 2. The van der Waals surface area contributed by atoms with E-state index in [1.54, 1.807) is 18.2 Å². The number of hydrogen-bond acceptors (Lipinski definition) is 4. The zero-order valence-corrected chi connectivity index (χ0v) is 27.4. The van der Waals surface area contributed by atoms with Crippen molar-refractivity contribution in [1.82, 2.24) is 0 Å². The fourth-order valence-corrected chi connectivity index (χ4v) is 6.96. The topological polar surface area (TPSA) is 78.3 Å². The highest BCUT2D eigenvalue weighted by Gasteiger charge is 2.33. The highest BCUT2D eigenvalue weighted by molar-refractivity contribution is 5.93. The molecule has 0 bridgehead atoms. The molecule has 0 spiro atoms. The molecule has 0 heterocycles. The first-order chi connectivity index (χ1) is 19.3. The maximum absolute atomic E-state index is 13.0. The van der Waals surface area contributed by atoms with Gasteiger partial charge < -0.3 is 16.2 Å². The first-order valence-corrected chi connectivity index (χ1v) is 16.3. The van der Waals surface area contributed by atoms with Crippen LogP contribution in [0, 0.1) is 43.9 Å². The minimum absolute atomic E-state index is 0.332.